The molecule has 5 heteroatoms. The second-order valence-electron chi connectivity index (χ2n) is 5.79. The van der Waals surface area contributed by atoms with Crippen molar-refractivity contribution < 1.29 is 19.4 Å². The topological polar surface area (TPSA) is 59.0 Å². The van der Waals surface area contributed by atoms with E-state index in [1.807, 2.05) is 4.90 Å². The number of benzene rings is 1. The van der Waals surface area contributed by atoms with Crippen molar-refractivity contribution in [2.24, 2.45) is 0 Å². The number of hydrogen-bond acceptors (Lipinski definition) is 4. The molecule has 2 atom stereocenters. The summed E-state index contributed by atoms with van der Waals surface area (Å²) in [5.74, 6) is 1.19. The number of amides is 1. The van der Waals surface area contributed by atoms with Crippen LogP contribution in [0.1, 0.15) is 36.0 Å². The monoisotopic (exact) mass is 291 g/mol. The highest BCUT2D eigenvalue weighted by molar-refractivity contribution is 5.97. The van der Waals surface area contributed by atoms with E-state index in [2.05, 4.69) is 0 Å². The Balaban J connectivity index is 1.89. The van der Waals surface area contributed by atoms with Gasteiger partial charge in [0.05, 0.1) is 25.9 Å². The van der Waals surface area contributed by atoms with Gasteiger partial charge in [0.2, 0.25) is 0 Å². The summed E-state index contributed by atoms with van der Waals surface area (Å²) >= 11 is 0. The Morgan fingerprint density at radius 3 is 2.43 bits per heavy atom. The molecule has 2 bridgehead atoms. The van der Waals surface area contributed by atoms with Crippen molar-refractivity contribution >= 4 is 5.91 Å². The Morgan fingerprint density at radius 1 is 1.19 bits per heavy atom. The van der Waals surface area contributed by atoms with Crippen molar-refractivity contribution in [3.8, 4) is 11.5 Å². The zero-order valence-electron chi connectivity index (χ0n) is 12.4. The Morgan fingerprint density at radius 2 is 1.86 bits per heavy atom. The number of carbonyl (C=O) groups excluding carboxylic acids is 1. The number of aliphatic hydroxyl groups is 1. The Bertz CT molecular complexity index is 531. The van der Waals surface area contributed by atoms with Gasteiger partial charge in [-0.25, -0.2) is 0 Å². The molecule has 1 aromatic rings. The summed E-state index contributed by atoms with van der Waals surface area (Å²) in [6.07, 6.45) is 3.04. The first-order valence-corrected chi connectivity index (χ1v) is 7.36. The van der Waals surface area contributed by atoms with Gasteiger partial charge in [-0.1, -0.05) is 0 Å². The minimum atomic E-state index is -0.274. The Labute approximate surface area is 124 Å². The third kappa shape index (κ3) is 2.46. The second-order valence-corrected chi connectivity index (χ2v) is 5.79. The second kappa shape index (κ2) is 5.56. The number of ether oxygens (including phenoxy) is 2. The van der Waals surface area contributed by atoms with Crippen molar-refractivity contribution in [3.63, 3.8) is 0 Å². The molecule has 2 heterocycles. The lowest BCUT2D eigenvalue weighted by atomic mass is 9.98. The van der Waals surface area contributed by atoms with Gasteiger partial charge >= 0.3 is 0 Å². The van der Waals surface area contributed by atoms with Gasteiger partial charge in [-0.3, -0.25) is 4.79 Å². The van der Waals surface area contributed by atoms with Crippen molar-refractivity contribution in [3.05, 3.63) is 23.8 Å². The lowest BCUT2D eigenvalue weighted by Gasteiger charge is -2.37. The molecule has 2 aliphatic heterocycles. The highest BCUT2D eigenvalue weighted by atomic mass is 16.5. The SMILES string of the molecule is COc1ccc(C(=O)N2C3CCC2CC(O)C3)c(OC)c1. The molecule has 0 aromatic heterocycles. The average molecular weight is 291 g/mol. The summed E-state index contributed by atoms with van der Waals surface area (Å²) in [6, 6.07) is 5.56. The summed E-state index contributed by atoms with van der Waals surface area (Å²) in [4.78, 5) is 14.8. The van der Waals surface area contributed by atoms with E-state index in [0.717, 1.165) is 12.8 Å². The van der Waals surface area contributed by atoms with Crippen LogP contribution in [0.25, 0.3) is 0 Å². The number of fused-ring (bicyclic) bond motifs is 2. The first kappa shape index (κ1) is 14.2. The smallest absolute Gasteiger partial charge is 0.258 e. The van der Waals surface area contributed by atoms with Gasteiger partial charge in [0.1, 0.15) is 11.5 Å². The molecule has 2 saturated heterocycles. The molecule has 3 rings (SSSR count). The molecule has 1 N–H and O–H groups in total. The average Bonchev–Trinajstić information content (AvgIpc) is 2.77. The normalized spacial score (nSPS) is 27.6. The summed E-state index contributed by atoms with van der Waals surface area (Å²) in [5.41, 5.74) is 0.562. The fraction of sp³-hybridized carbons (Fsp3) is 0.562. The van der Waals surface area contributed by atoms with Crippen molar-refractivity contribution in [2.75, 3.05) is 14.2 Å². The molecule has 0 saturated carbocycles. The van der Waals surface area contributed by atoms with Crippen LogP contribution < -0.4 is 9.47 Å². The van der Waals surface area contributed by atoms with Crippen molar-refractivity contribution in [1.82, 2.24) is 4.90 Å². The standard InChI is InChI=1S/C16H21NO4/c1-20-13-5-6-14(15(9-13)21-2)16(19)17-10-3-4-11(17)8-12(18)7-10/h5-6,9-12,18H,3-4,7-8H2,1-2H3. The highest BCUT2D eigenvalue weighted by Gasteiger charge is 2.43. The van der Waals surface area contributed by atoms with Crippen LogP contribution in [0.2, 0.25) is 0 Å². The zero-order valence-corrected chi connectivity index (χ0v) is 12.4. The maximum atomic E-state index is 12.9. The van der Waals surface area contributed by atoms with E-state index in [1.165, 1.54) is 0 Å². The number of aliphatic hydroxyl groups excluding tert-OH is 1. The molecule has 114 valence electrons. The van der Waals surface area contributed by atoms with Gasteiger partial charge in [-0.05, 0) is 37.8 Å². The third-order valence-corrected chi connectivity index (χ3v) is 4.58. The lowest BCUT2D eigenvalue weighted by Crippen LogP contribution is -2.48. The van der Waals surface area contributed by atoms with Crippen molar-refractivity contribution in [1.29, 1.82) is 0 Å². The van der Waals surface area contributed by atoms with Gasteiger partial charge in [0.25, 0.3) is 5.91 Å². The fourth-order valence-electron chi connectivity index (χ4n) is 3.59. The number of piperidine rings is 1. The molecule has 1 amide bonds. The maximum Gasteiger partial charge on any atom is 0.258 e. The highest BCUT2D eigenvalue weighted by Crippen LogP contribution is 2.38. The van der Waals surface area contributed by atoms with E-state index in [0.29, 0.717) is 29.9 Å². The molecule has 2 fully saturated rings. The van der Waals surface area contributed by atoms with E-state index < -0.39 is 0 Å². The molecule has 2 aliphatic rings. The minimum Gasteiger partial charge on any atom is -0.497 e. The predicted molar refractivity (Wildman–Crippen MR) is 77.8 cm³/mol. The zero-order chi connectivity index (χ0) is 15.0. The summed E-state index contributed by atoms with van der Waals surface area (Å²) < 4.78 is 10.5. The molecule has 2 unspecified atom stereocenters. The number of carbonyl (C=O) groups is 1. The summed E-state index contributed by atoms with van der Waals surface area (Å²) in [5, 5.41) is 9.85. The molecule has 0 spiro atoms. The molecular formula is C16H21NO4. The van der Waals surface area contributed by atoms with E-state index >= 15 is 0 Å². The molecule has 1 aromatic carbocycles. The van der Waals surface area contributed by atoms with Gasteiger partial charge in [-0.15, -0.1) is 0 Å². The van der Waals surface area contributed by atoms with Gasteiger partial charge < -0.3 is 19.5 Å². The van der Waals surface area contributed by atoms with Crippen LogP contribution in [0, 0.1) is 0 Å². The van der Waals surface area contributed by atoms with E-state index in [4.69, 9.17) is 9.47 Å². The number of methoxy groups -OCH3 is 2. The van der Waals surface area contributed by atoms with Gasteiger partial charge in [0.15, 0.2) is 0 Å². The Hall–Kier alpha value is -1.75. The van der Waals surface area contributed by atoms with E-state index in [9.17, 15) is 9.90 Å². The predicted octanol–water partition coefficient (Wildman–Crippen LogP) is 1.83. The minimum absolute atomic E-state index is 0.00565. The first-order valence-electron chi connectivity index (χ1n) is 7.36. The molecule has 0 radical (unpaired) electrons. The van der Waals surface area contributed by atoms with Crippen molar-refractivity contribution in [2.45, 2.75) is 43.9 Å². The molecule has 0 aliphatic carbocycles. The fourth-order valence-corrected chi connectivity index (χ4v) is 3.59. The van der Waals surface area contributed by atoms with Crippen LogP contribution >= 0.6 is 0 Å². The summed E-state index contributed by atoms with van der Waals surface area (Å²) in [7, 11) is 3.14. The maximum absolute atomic E-state index is 12.9. The largest absolute Gasteiger partial charge is 0.497 e. The number of nitrogens with zero attached hydrogens (tertiary/aromatic N) is 1. The molecule has 21 heavy (non-hydrogen) atoms. The quantitative estimate of drug-likeness (QED) is 0.923. The summed E-state index contributed by atoms with van der Waals surface area (Å²) in [6.45, 7) is 0. The van der Waals surface area contributed by atoms with Crippen LogP contribution in [-0.2, 0) is 0 Å². The number of hydrogen-bond donors (Lipinski definition) is 1. The van der Waals surface area contributed by atoms with Crippen LogP contribution in [0.5, 0.6) is 11.5 Å². The lowest BCUT2D eigenvalue weighted by molar-refractivity contribution is 0.0285. The van der Waals surface area contributed by atoms with Crippen LogP contribution in [-0.4, -0.2) is 48.3 Å². The third-order valence-electron chi connectivity index (χ3n) is 4.58. The van der Waals surface area contributed by atoms with Crippen LogP contribution in [0.4, 0.5) is 0 Å². The van der Waals surface area contributed by atoms with Gasteiger partial charge in [0, 0.05) is 18.2 Å². The molecular weight excluding hydrogens is 270 g/mol. The first-order chi connectivity index (χ1) is 10.1. The number of rotatable bonds is 3. The molecule has 5 nitrogen and oxygen atoms in total. The van der Waals surface area contributed by atoms with E-state index in [1.54, 1.807) is 32.4 Å². The van der Waals surface area contributed by atoms with Gasteiger partial charge in [-0.2, -0.15) is 0 Å². The Kier molecular flexibility index (Phi) is 3.76. The van der Waals surface area contributed by atoms with E-state index in [-0.39, 0.29) is 24.1 Å². The van der Waals surface area contributed by atoms with Crippen LogP contribution in [0.15, 0.2) is 18.2 Å². The van der Waals surface area contributed by atoms with Crippen LogP contribution in [0.3, 0.4) is 0 Å².